The maximum atomic E-state index is 11.3. The van der Waals surface area contributed by atoms with Crippen molar-refractivity contribution in [2.75, 3.05) is 42.8 Å². The van der Waals surface area contributed by atoms with Gasteiger partial charge in [-0.3, -0.25) is 9.97 Å². The van der Waals surface area contributed by atoms with Crippen LogP contribution in [0.25, 0.3) is 11.0 Å². The SMILES string of the molecule is CS(N)(=O)=O.C[C@H]1C[C@@H](NCCCS(C)(=O)=O)CN(c2ccc(C#N)c3nccnc23)C1. The lowest BCUT2D eigenvalue weighted by atomic mass is 9.95. The fourth-order valence-corrected chi connectivity index (χ4v) is 4.39. The van der Waals surface area contributed by atoms with Crippen LogP contribution in [0, 0.1) is 17.2 Å². The molecule has 1 aromatic heterocycles. The van der Waals surface area contributed by atoms with E-state index < -0.39 is 19.9 Å². The zero-order chi connectivity index (χ0) is 23.9. The van der Waals surface area contributed by atoms with Crippen LogP contribution >= 0.6 is 0 Å². The lowest BCUT2D eigenvalue weighted by Crippen LogP contribution is -2.49. The Bertz CT molecular complexity index is 1170. The summed E-state index contributed by atoms with van der Waals surface area (Å²) in [5, 5.41) is 17.1. The van der Waals surface area contributed by atoms with Crippen molar-refractivity contribution in [3.8, 4) is 6.07 Å². The normalized spacial score (nSPS) is 19.2. The number of fused-ring (bicyclic) bond motifs is 1. The average Bonchev–Trinajstić information content (AvgIpc) is 2.68. The highest BCUT2D eigenvalue weighted by molar-refractivity contribution is 7.90. The van der Waals surface area contributed by atoms with Crippen LogP contribution in [-0.2, 0) is 19.9 Å². The molecule has 1 saturated heterocycles. The maximum Gasteiger partial charge on any atom is 0.206 e. The molecular formula is C20H30N6O4S2. The summed E-state index contributed by atoms with van der Waals surface area (Å²) in [4.78, 5) is 11.1. The van der Waals surface area contributed by atoms with Crippen molar-refractivity contribution in [3.63, 3.8) is 0 Å². The highest BCUT2D eigenvalue weighted by Crippen LogP contribution is 2.30. The Morgan fingerprint density at radius 2 is 1.78 bits per heavy atom. The van der Waals surface area contributed by atoms with Gasteiger partial charge in [0.2, 0.25) is 10.0 Å². The first-order valence-corrected chi connectivity index (χ1v) is 14.2. The van der Waals surface area contributed by atoms with Gasteiger partial charge in [-0.25, -0.2) is 22.0 Å². The Kier molecular flexibility index (Phi) is 8.91. The predicted octanol–water partition coefficient (Wildman–Crippen LogP) is 0.645. The number of benzene rings is 1. The topological polar surface area (TPSA) is 159 Å². The van der Waals surface area contributed by atoms with E-state index in [2.05, 4.69) is 38.3 Å². The minimum Gasteiger partial charge on any atom is -0.368 e. The number of nitrogens with zero attached hydrogens (tertiary/aromatic N) is 4. The standard InChI is InChI=1S/C19H25N5O2S.CH5NO2S/c1-14-10-16(21-6-3-9-27(2,25)26)13-24(12-14)17-5-4-15(11-20)18-19(17)23-8-7-22-18;1-5(2,3)4/h4-5,7-8,14,16,21H,3,6,9-10,12-13H2,1-2H3;1H3,(H2,2,3,4)/t14-,16+;/m0./s1. The Morgan fingerprint density at radius 1 is 1.16 bits per heavy atom. The highest BCUT2D eigenvalue weighted by Gasteiger charge is 2.26. The van der Waals surface area contributed by atoms with E-state index in [4.69, 9.17) is 0 Å². The van der Waals surface area contributed by atoms with Gasteiger partial charge in [-0.2, -0.15) is 5.26 Å². The molecule has 176 valence electrons. The van der Waals surface area contributed by atoms with Gasteiger partial charge in [0.15, 0.2) is 0 Å². The van der Waals surface area contributed by atoms with Crippen LogP contribution in [0.15, 0.2) is 24.5 Å². The predicted molar refractivity (Wildman–Crippen MR) is 125 cm³/mol. The smallest absolute Gasteiger partial charge is 0.206 e. The second-order valence-corrected chi connectivity index (χ2v) is 12.1. The first-order chi connectivity index (χ1) is 14.9. The molecule has 0 spiro atoms. The third-order valence-corrected chi connectivity index (χ3v) is 5.88. The Morgan fingerprint density at radius 3 is 2.38 bits per heavy atom. The minimum atomic E-state index is -3.17. The summed E-state index contributed by atoms with van der Waals surface area (Å²) in [7, 11) is -6.08. The fraction of sp³-hybridized carbons (Fsp3) is 0.550. The number of aromatic nitrogens is 2. The molecule has 1 aromatic carbocycles. The molecule has 1 aliphatic rings. The van der Waals surface area contributed by atoms with Crippen molar-refractivity contribution in [1.82, 2.24) is 15.3 Å². The third-order valence-electron chi connectivity index (χ3n) is 4.85. The van der Waals surface area contributed by atoms with E-state index in [9.17, 15) is 22.1 Å². The lowest BCUT2D eigenvalue weighted by Gasteiger charge is -2.38. The fourth-order valence-electron chi connectivity index (χ4n) is 3.72. The molecule has 2 heterocycles. The van der Waals surface area contributed by atoms with Gasteiger partial charge >= 0.3 is 0 Å². The van der Waals surface area contributed by atoms with Crippen molar-refractivity contribution in [2.24, 2.45) is 11.1 Å². The molecule has 12 heteroatoms. The molecule has 1 fully saturated rings. The number of primary sulfonamides is 1. The summed E-state index contributed by atoms with van der Waals surface area (Å²) in [6.07, 6.45) is 7.14. The van der Waals surface area contributed by atoms with Crippen LogP contribution < -0.4 is 15.4 Å². The van der Waals surface area contributed by atoms with E-state index in [1.165, 1.54) is 6.26 Å². The van der Waals surface area contributed by atoms with Gasteiger partial charge in [0, 0.05) is 37.8 Å². The quantitative estimate of drug-likeness (QED) is 0.563. The number of piperidine rings is 1. The summed E-state index contributed by atoms with van der Waals surface area (Å²) < 4.78 is 41.4. The van der Waals surface area contributed by atoms with E-state index in [0.717, 1.165) is 37.0 Å². The van der Waals surface area contributed by atoms with Gasteiger partial charge in [-0.15, -0.1) is 0 Å². The number of anilines is 1. The molecule has 2 atom stereocenters. The molecule has 2 aromatic rings. The number of hydrogen-bond acceptors (Lipinski definition) is 9. The molecule has 0 unspecified atom stereocenters. The van der Waals surface area contributed by atoms with E-state index in [-0.39, 0.29) is 11.8 Å². The van der Waals surface area contributed by atoms with Crippen LogP contribution in [0.5, 0.6) is 0 Å². The van der Waals surface area contributed by atoms with Crippen LogP contribution in [0.2, 0.25) is 0 Å². The van der Waals surface area contributed by atoms with Crippen molar-refractivity contribution in [1.29, 1.82) is 5.26 Å². The van der Waals surface area contributed by atoms with Crippen LogP contribution in [0.4, 0.5) is 5.69 Å². The Hall–Kier alpha value is -2.33. The van der Waals surface area contributed by atoms with Gasteiger partial charge in [0.25, 0.3) is 0 Å². The van der Waals surface area contributed by atoms with Gasteiger partial charge in [0.1, 0.15) is 26.9 Å². The van der Waals surface area contributed by atoms with Gasteiger partial charge in [-0.1, -0.05) is 6.92 Å². The molecule has 10 nitrogen and oxygen atoms in total. The van der Waals surface area contributed by atoms with E-state index in [1.54, 1.807) is 18.5 Å². The summed E-state index contributed by atoms with van der Waals surface area (Å²) in [5.41, 5.74) is 2.91. The summed E-state index contributed by atoms with van der Waals surface area (Å²) >= 11 is 0. The zero-order valence-electron chi connectivity index (χ0n) is 18.5. The molecule has 0 aliphatic carbocycles. The number of rotatable bonds is 6. The number of sulfonamides is 1. The monoisotopic (exact) mass is 482 g/mol. The minimum absolute atomic E-state index is 0.210. The third kappa shape index (κ3) is 8.66. The van der Waals surface area contributed by atoms with E-state index in [1.807, 2.05) is 6.07 Å². The highest BCUT2D eigenvalue weighted by atomic mass is 32.2. The molecular weight excluding hydrogens is 452 g/mol. The zero-order valence-corrected chi connectivity index (χ0v) is 20.2. The van der Waals surface area contributed by atoms with E-state index in [0.29, 0.717) is 30.0 Å². The average molecular weight is 483 g/mol. The Balaban J connectivity index is 0.000000654. The van der Waals surface area contributed by atoms with Crippen LogP contribution in [0.1, 0.15) is 25.3 Å². The number of nitrogens with two attached hydrogens (primary N) is 1. The second kappa shape index (κ2) is 11.0. The number of nitrogens with one attached hydrogen (secondary N) is 1. The first kappa shape index (κ1) is 25.9. The molecule has 1 aliphatic heterocycles. The van der Waals surface area contributed by atoms with Crippen molar-refractivity contribution in [3.05, 3.63) is 30.1 Å². The number of hydrogen-bond donors (Lipinski definition) is 2. The molecule has 0 bridgehead atoms. The summed E-state index contributed by atoms with van der Waals surface area (Å²) in [5.74, 6) is 0.704. The van der Waals surface area contributed by atoms with Crippen molar-refractivity contribution >= 4 is 36.6 Å². The number of sulfone groups is 1. The van der Waals surface area contributed by atoms with Crippen molar-refractivity contribution in [2.45, 2.75) is 25.8 Å². The van der Waals surface area contributed by atoms with Gasteiger partial charge in [0.05, 0.1) is 23.3 Å². The number of nitriles is 1. The summed E-state index contributed by atoms with van der Waals surface area (Å²) in [6, 6.07) is 6.23. The summed E-state index contributed by atoms with van der Waals surface area (Å²) in [6.45, 7) is 4.64. The molecule has 32 heavy (non-hydrogen) atoms. The van der Waals surface area contributed by atoms with Gasteiger partial charge < -0.3 is 10.2 Å². The maximum absolute atomic E-state index is 11.3. The molecule has 3 rings (SSSR count). The Labute approximate surface area is 189 Å². The largest absolute Gasteiger partial charge is 0.368 e. The molecule has 0 saturated carbocycles. The van der Waals surface area contributed by atoms with Crippen molar-refractivity contribution < 1.29 is 16.8 Å². The van der Waals surface area contributed by atoms with Crippen LogP contribution in [0.3, 0.4) is 0 Å². The molecule has 0 radical (unpaired) electrons. The second-order valence-electron chi connectivity index (χ2n) is 8.21. The van der Waals surface area contributed by atoms with E-state index >= 15 is 0 Å². The van der Waals surface area contributed by atoms with Crippen LogP contribution in [-0.4, -0.2) is 70.7 Å². The molecule has 3 N–H and O–H groups in total. The first-order valence-electron chi connectivity index (χ1n) is 10.1. The van der Waals surface area contributed by atoms with Gasteiger partial charge in [-0.05, 0) is 37.4 Å². The molecule has 0 amide bonds. The lowest BCUT2D eigenvalue weighted by molar-refractivity contribution is 0.352.